The average Bonchev–Trinajstić information content (AvgIpc) is 2.89. The highest BCUT2D eigenvalue weighted by Gasteiger charge is 2.12. The van der Waals surface area contributed by atoms with Crippen LogP contribution in [-0.4, -0.2) is 17.6 Å². The zero-order valence-corrected chi connectivity index (χ0v) is 12.8. The molecule has 0 saturated heterocycles. The van der Waals surface area contributed by atoms with Crippen molar-refractivity contribution in [2.75, 3.05) is 6.54 Å². The predicted octanol–water partition coefficient (Wildman–Crippen LogP) is 3.28. The second kappa shape index (κ2) is 6.32. The van der Waals surface area contributed by atoms with Gasteiger partial charge in [-0.05, 0) is 53.1 Å². The molecule has 0 aliphatic carbocycles. The van der Waals surface area contributed by atoms with Gasteiger partial charge in [0.2, 0.25) is 0 Å². The van der Waals surface area contributed by atoms with Gasteiger partial charge in [0.1, 0.15) is 0 Å². The molecule has 2 rings (SSSR count). The van der Waals surface area contributed by atoms with E-state index in [-0.39, 0.29) is 12.5 Å². The number of amides is 1. The summed E-state index contributed by atoms with van der Waals surface area (Å²) in [5.41, 5.74) is 2.36. The largest absolute Gasteiger partial charge is 0.387 e. The summed E-state index contributed by atoms with van der Waals surface area (Å²) in [6, 6.07) is 7.35. The van der Waals surface area contributed by atoms with Crippen molar-refractivity contribution >= 4 is 33.2 Å². The quantitative estimate of drug-likeness (QED) is 0.897. The Morgan fingerprint density at radius 2 is 2.26 bits per heavy atom. The number of aryl methyl sites for hydroxylation is 1. The fourth-order valence-electron chi connectivity index (χ4n) is 1.75. The molecule has 0 radical (unpaired) electrons. The zero-order chi connectivity index (χ0) is 13.8. The molecule has 2 aromatic rings. The lowest BCUT2D eigenvalue weighted by molar-refractivity contribution is 0.0916. The van der Waals surface area contributed by atoms with E-state index < -0.39 is 6.10 Å². The molecule has 1 aromatic carbocycles. The summed E-state index contributed by atoms with van der Waals surface area (Å²) in [5, 5.41) is 16.4. The average molecular weight is 340 g/mol. The number of hydrogen-bond acceptors (Lipinski definition) is 3. The van der Waals surface area contributed by atoms with Crippen LogP contribution in [0.4, 0.5) is 0 Å². The first-order valence-corrected chi connectivity index (χ1v) is 7.56. The number of thiophene rings is 1. The van der Waals surface area contributed by atoms with Crippen molar-refractivity contribution < 1.29 is 9.90 Å². The SMILES string of the molecule is Cc1cc(Br)ccc1C(=O)NCC(O)c1ccsc1. The Morgan fingerprint density at radius 3 is 2.89 bits per heavy atom. The monoisotopic (exact) mass is 339 g/mol. The molecule has 0 fully saturated rings. The number of hydrogen-bond donors (Lipinski definition) is 2. The summed E-state index contributed by atoms with van der Waals surface area (Å²) in [7, 11) is 0. The minimum atomic E-state index is -0.661. The topological polar surface area (TPSA) is 49.3 Å². The molecule has 5 heteroatoms. The first-order chi connectivity index (χ1) is 9.08. The molecule has 1 aromatic heterocycles. The van der Waals surface area contributed by atoms with E-state index in [1.165, 1.54) is 11.3 Å². The van der Waals surface area contributed by atoms with E-state index in [0.29, 0.717) is 5.56 Å². The molecule has 1 unspecified atom stereocenters. The Kier molecular flexibility index (Phi) is 4.74. The first kappa shape index (κ1) is 14.2. The van der Waals surface area contributed by atoms with Crippen LogP contribution in [0.5, 0.6) is 0 Å². The highest BCUT2D eigenvalue weighted by atomic mass is 79.9. The van der Waals surface area contributed by atoms with E-state index in [0.717, 1.165) is 15.6 Å². The Hall–Kier alpha value is -1.17. The lowest BCUT2D eigenvalue weighted by Crippen LogP contribution is -2.28. The molecule has 3 nitrogen and oxygen atoms in total. The lowest BCUT2D eigenvalue weighted by Gasteiger charge is -2.12. The van der Waals surface area contributed by atoms with Crippen LogP contribution in [-0.2, 0) is 0 Å². The van der Waals surface area contributed by atoms with Gasteiger partial charge in [-0.15, -0.1) is 0 Å². The van der Waals surface area contributed by atoms with Crippen LogP contribution in [0.2, 0.25) is 0 Å². The number of benzene rings is 1. The molecule has 1 amide bonds. The van der Waals surface area contributed by atoms with Crippen LogP contribution in [0.3, 0.4) is 0 Å². The van der Waals surface area contributed by atoms with Crippen molar-refractivity contribution in [3.63, 3.8) is 0 Å². The molecule has 0 spiro atoms. The van der Waals surface area contributed by atoms with Crippen molar-refractivity contribution in [2.24, 2.45) is 0 Å². The van der Waals surface area contributed by atoms with Gasteiger partial charge in [-0.2, -0.15) is 11.3 Å². The standard InChI is InChI=1S/C14H14BrNO2S/c1-9-6-11(15)2-3-12(9)14(18)16-7-13(17)10-4-5-19-8-10/h2-6,8,13,17H,7H2,1H3,(H,16,18). The van der Waals surface area contributed by atoms with E-state index in [1.54, 1.807) is 6.07 Å². The van der Waals surface area contributed by atoms with E-state index in [1.807, 2.05) is 35.9 Å². The third-order valence-electron chi connectivity index (χ3n) is 2.82. The van der Waals surface area contributed by atoms with E-state index in [2.05, 4.69) is 21.2 Å². The second-order valence-corrected chi connectivity index (χ2v) is 5.94. The molecule has 0 bridgehead atoms. The fraction of sp³-hybridized carbons (Fsp3) is 0.214. The van der Waals surface area contributed by atoms with Gasteiger partial charge in [-0.1, -0.05) is 15.9 Å². The normalized spacial score (nSPS) is 12.2. The van der Waals surface area contributed by atoms with Crippen LogP contribution < -0.4 is 5.32 Å². The Morgan fingerprint density at radius 1 is 1.47 bits per heavy atom. The third kappa shape index (κ3) is 3.65. The second-order valence-electron chi connectivity index (χ2n) is 4.24. The molecular formula is C14H14BrNO2S. The van der Waals surface area contributed by atoms with Gasteiger partial charge in [0.05, 0.1) is 6.10 Å². The third-order valence-corrected chi connectivity index (χ3v) is 4.01. The molecule has 19 heavy (non-hydrogen) atoms. The smallest absolute Gasteiger partial charge is 0.251 e. The molecule has 1 heterocycles. The molecule has 0 aliphatic rings. The van der Waals surface area contributed by atoms with E-state index in [4.69, 9.17) is 0 Å². The van der Waals surface area contributed by atoms with Gasteiger partial charge >= 0.3 is 0 Å². The molecule has 100 valence electrons. The molecule has 0 aliphatic heterocycles. The summed E-state index contributed by atoms with van der Waals surface area (Å²) < 4.78 is 0.944. The minimum Gasteiger partial charge on any atom is -0.387 e. The van der Waals surface area contributed by atoms with Crippen LogP contribution >= 0.6 is 27.3 Å². The molecular weight excluding hydrogens is 326 g/mol. The number of nitrogens with one attached hydrogen (secondary N) is 1. The number of rotatable bonds is 4. The summed E-state index contributed by atoms with van der Waals surface area (Å²) in [5.74, 6) is -0.167. The van der Waals surface area contributed by atoms with Crippen LogP contribution in [0, 0.1) is 6.92 Å². The van der Waals surface area contributed by atoms with Crippen LogP contribution in [0.15, 0.2) is 39.5 Å². The van der Waals surface area contributed by atoms with Crippen molar-refractivity contribution in [1.82, 2.24) is 5.32 Å². The maximum absolute atomic E-state index is 12.0. The van der Waals surface area contributed by atoms with Gasteiger partial charge in [-0.25, -0.2) is 0 Å². The maximum atomic E-state index is 12.0. The number of halogens is 1. The van der Waals surface area contributed by atoms with Crippen molar-refractivity contribution in [3.8, 4) is 0 Å². The number of aliphatic hydroxyl groups excluding tert-OH is 1. The molecule has 1 atom stereocenters. The fourth-order valence-corrected chi connectivity index (χ4v) is 2.93. The molecule has 2 N–H and O–H groups in total. The number of carbonyl (C=O) groups excluding carboxylic acids is 1. The van der Waals surface area contributed by atoms with E-state index >= 15 is 0 Å². The first-order valence-electron chi connectivity index (χ1n) is 5.82. The van der Waals surface area contributed by atoms with Crippen LogP contribution in [0.25, 0.3) is 0 Å². The van der Waals surface area contributed by atoms with Gasteiger partial charge in [0.25, 0.3) is 5.91 Å². The van der Waals surface area contributed by atoms with Crippen molar-refractivity contribution in [1.29, 1.82) is 0 Å². The van der Waals surface area contributed by atoms with Crippen LogP contribution in [0.1, 0.15) is 27.6 Å². The number of carbonyl (C=O) groups is 1. The summed E-state index contributed by atoms with van der Waals surface area (Å²) in [4.78, 5) is 12.0. The van der Waals surface area contributed by atoms with Gasteiger partial charge in [-0.3, -0.25) is 4.79 Å². The molecule has 0 saturated carbocycles. The van der Waals surface area contributed by atoms with Gasteiger partial charge in [0.15, 0.2) is 0 Å². The Balaban J connectivity index is 1.98. The predicted molar refractivity (Wildman–Crippen MR) is 80.5 cm³/mol. The minimum absolute atomic E-state index is 0.167. The zero-order valence-electron chi connectivity index (χ0n) is 10.4. The van der Waals surface area contributed by atoms with Gasteiger partial charge in [0, 0.05) is 16.6 Å². The van der Waals surface area contributed by atoms with Crippen molar-refractivity contribution in [2.45, 2.75) is 13.0 Å². The summed E-state index contributed by atoms with van der Waals surface area (Å²) in [6.45, 7) is 2.10. The highest BCUT2D eigenvalue weighted by Crippen LogP contribution is 2.17. The summed E-state index contributed by atoms with van der Waals surface area (Å²) in [6.07, 6.45) is -0.661. The number of aliphatic hydroxyl groups is 1. The Bertz CT molecular complexity index is 569. The van der Waals surface area contributed by atoms with E-state index in [9.17, 15) is 9.90 Å². The highest BCUT2D eigenvalue weighted by molar-refractivity contribution is 9.10. The van der Waals surface area contributed by atoms with Gasteiger partial charge < -0.3 is 10.4 Å². The van der Waals surface area contributed by atoms with Crippen molar-refractivity contribution in [3.05, 3.63) is 56.2 Å². The maximum Gasteiger partial charge on any atom is 0.251 e. The Labute approximate surface area is 124 Å². The summed E-state index contributed by atoms with van der Waals surface area (Å²) >= 11 is 4.89. The lowest BCUT2D eigenvalue weighted by atomic mass is 10.1.